The SMILES string of the molecule is c1ccc2c(c1)Cc1c-2ccc2nc3c4ncccc4c4cnccc4n3c12. The maximum atomic E-state index is 5.01. The molecule has 6 aromatic rings. The van der Waals surface area contributed by atoms with Gasteiger partial charge < -0.3 is 0 Å². The summed E-state index contributed by atoms with van der Waals surface area (Å²) in [5.74, 6) is 0. The molecule has 0 saturated carbocycles. The van der Waals surface area contributed by atoms with Crippen molar-refractivity contribution in [2.75, 3.05) is 0 Å². The molecule has 0 amide bonds. The largest absolute Gasteiger partial charge is 0.290 e. The van der Waals surface area contributed by atoms with Crippen molar-refractivity contribution in [3.8, 4) is 11.1 Å². The van der Waals surface area contributed by atoms with Crippen molar-refractivity contribution >= 4 is 38.5 Å². The Morgan fingerprint density at radius 2 is 1.79 bits per heavy atom. The van der Waals surface area contributed by atoms with E-state index in [1.807, 2.05) is 24.7 Å². The predicted molar refractivity (Wildman–Crippen MR) is 112 cm³/mol. The van der Waals surface area contributed by atoms with Gasteiger partial charge in [-0.05, 0) is 40.5 Å². The molecule has 130 valence electrons. The van der Waals surface area contributed by atoms with E-state index in [0.29, 0.717) is 0 Å². The fourth-order valence-electron chi connectivity index (χ4n) is 4.78. The summed E-state index contributed by atoms with van der Waals surface area (Å²) in [6.45, 7) is 0. The number of rotatable bonds is 0. The monoisotopic (exact) mass is 358 g/mol. The zero-order valence-electron chi connectivity index (χ0n) is 14.9. The van der Waals surface area contributed by atoms with Crippen LogP contribution in [0.2, 0.25) is 0 Å². The zero-order chi connectivity index (χ0) is 18.2. The van der Waals surface area contributed by atoms with Crippen LogP contribution in [-0.4, -0.2) is 19.4 Å². The molecule has 1 aliphatic carbocycles. The Bertz CT molecular complexity index is 1590. The molecule has 7 rings (SSSR count). The van der Waals surface area contributed by atoms with Crippen LogP contribution in [0.5, 0.6) is 0 Å². The van der Waals surface area contributed by atoms with Crippen molar-refractivity contribution in [3.63, 3.8) is 0 Å². The van der Waals surface area contributed by atoms with Crippen LogP contribution in [0.1, 0.15) is 11.1 Å². The molecule has 0 bridgehead atoms. The number of imidazole rings is 1. The van der Waals surface area contributed by atoms with E-state index in [4.69, 9.17) is 4.98 Å². The molecule has 0 aliphatic heterocycles. The summed E-state index contributed by atoms with van der Waals surface area (Å²) in [5.41, 5.74) is 10.5. The smallest absolute Gasteiger partial charge is 0.165 e. The molecule has 0 N–H and O–H groups in total. The Hall–Kier alpha value is -3.79. The molecule has 4 nitrogen and oxygen atoms in total. The molecule has 28 heavy (non-hydrogen) atoms. The predicted octanol–water partition coefficient (Wildman–Crippen LogP) is 5.16. The van der Waals surface area contributed by atoms with E-state index in [2.05, 4.69) is 62.9 Å². The van der Waals surface area contributed by atoms with E-state index in [0.717, 1.165) is 39.4 Å². The van der Waals surface area contributed by atoms with Crippen LogP contribution in [-0.2, 0) is 6.42 Å². The number of pyridine rings is 3. The number of hydrogen-bond donors (Lipinski definition) is 0. The lowest BCUT2D eigenvalue weighted by Crippen LogP contribution is -1.95. The van der Waals surface area contributed by atoms with Gasteiger partial charge in [-0.2, -0.15) is 0 Å². The van der Waals surface area contributed by atoms with Crippen molar-refractivity contribution in [3.05, 3.63) is 84.3 Å². The van der Waals surface area contributed by atoms with Crippen LogP contribution in [0.4, 0.5) is 0 Å². The van der Waals surface area contributed by atoms with Crippen molar-refractivity contribution in [1.29, 1.82) is 0 Å². The minimum absolute atomic E-state index is 0.911. The molecule has 1 aliphatic rings. The van der Waals surface area contributed by atoms with Crippen LogP contribution in [0.15, 0.2) is 73.2 Å². The molecular formula is C24H14N4. The lowest BCUT2D eigenvalue weighted by Gasteiger charge is -2.09. The number of fused-ring (bicyclic) bond motifs is 12. The van der Waals surface area contributed by atoms with Gasteiger partial charge >= 0.3 is 0 Å². The second kappa shape index (κ2) is 4.93. The topological polar surface area (TPSA) is 43.1 Å². The number of nitrogens with zero attached hydrogens (tertiary/aromatic N) is 4. The summed E-state index contributed by atoms with van der Waals surface area (Å²) in [6, 6.07) is 19.2. The molecule has 0 atom stereocenters. The Labute approximate surface area is 160 Å². The highest BCUT2D eigenvalue weighted by Crippen LogP contribution is 2.41. The lowest BCUT2D eigenvalue weighted by atomic mass is 10.0. The summed E-state index contributed by atoms with van der Waals surface area (Å²) >= 11 is 0. The summed E-state index contributed by atoms with van der Waals surface area (Å²) in [6.07, 6.45) is 6.56. The fraction of sp³-hybridized carbons (Fsp3) is 0.0417. The van der Waals surface area contributed by atoms with E-state index in [-0.39, 0.29) is 0 Å². The molecule has 2 aromatic carbocycles. The summed E-state index contributed by atoms with van der Waals surface area (Å²) in [4.78, 5) is 14.1. The number of hydrogen-bond acceptors (Lipinski definition) is 3. The van der Waals surface area contributed by atoms with Crippen molar-refractivity contribution in [2.24, 2.45) is 0 Å². The van der Waals surface area contributed by atoms with Gasteiger partial charge in [0.05, 0.1) is 16.6 Å². The first-order valence-corrected chi connectivity index (χ1v) is 9.43. The van der Waals surface area contributed by atoms with E-state index < -0.39 is 0 Å². The average molecular weight is 358 g/mol. The third kappa shape index (κ3) is 1.63. The van der Waals surface area contributed by atoms with Gasteiger partial charge in [-0.25, -0.2) is 4.98 Å². The standard InChI is InChI=1S/C24H14N4/c1-2-5-15-14(4-1)12-18-16(15)7-8-20-23(18)28-21-9-11-25-13-19(21)17-6-3-10-26-22(17)24(28)27-20/h1-11,13H,12H2. The Morgan fingerprint density at radius 3 is 2.79 bits per heavy atom. The van der Waals surface area contributed by atoms with Gasteiger partial charge in [0.2, 0.25) is 0 Å². The van der Waals surface area contributed by atoms with Gasteiger partial charge in [-0.3, -0.25) is 14.4 Å². The molecule has 4 heteroatoms. The average Bonchev–Trinajstić information content (AvgIpc) is 3.32. The highest BCUT2D eigenvalue weighted by atomic mass is 15.0. The molecular weight excluding hydrogens is 344 g/mol. The Kier molecular flexibility index (Phi) is 2.51. The van der Waals surface area contributed by atoms with E-state index in [1.54, 1.807) is 0 Å². The third-order valence-corrected chi connectivity index (χ3v) is 5.95. The highest BCUT2D eigenvalue weighted by Gasteiger charge is 2.24. The molecule has 0 unspecified atom stereocenters. The summed E-state index contributed by atoms with van der Waals surface area (Å²) in [7, 11) is 0. The van der Waals surface area contributed by atoms with Gasteiger partial charge in [0, 0.05) is 35.8 Å². The molecule has 4 heterocycles. The zero-order valence-corrected chi connectivity index (χ0v) is 14.9. The molecule has 4 aromatic heterocycles. The van der Waals surface area contributed by atoms with E-state index >= 15 is 0 Å². The van der Waals surface area contributed by atoms with Gasteiger partial charge in [-0.15, -0.1) is 0 Å². The lowest BCUT2D eigenvalue weighted by molar-refractivity contribution is 1.23. The molecule has 0 radical (unpaired) electrons. The first kappa shape index (κ1) is 14.3. The van der Waals surface area contributed by atoms with E-state index in [9.17, 15) is 0 Å². The first-order chi connectivity index (χ1) is 13.9. The molecule has 0 saturated heterocycles. The molecule has 0 spiro atoms. The normalized spacial score (nSPS) is 12.9. The van der Waals surface area contributed by atoms with Crippen LogP contribution in [0, 0.1) is 0 Å². The van der Waals surface area contributed by atoms with Crippen LogP contribution in [0.3, 0.4) is 0 Å². The summed E-state index contributed by atoms with van der Waals surface area (Å²) in [5, 5.41) is 2.19. The highest BCUT2D eigenvalue weighted by molar-refractivity contribution is 6.12. The van der Waals surface area contributed by atoms with Crippen molar-refractivity contribution in [1.82, 2.24) is 19.4 Å². The van der Waals surface area contributed by atoms with Crippen LogP contribution >= 0.6 is 0 Å². The fourth-order valence-corrected chi connectivity index (χ4v) is 4.78. The minimum atomic E-state index is 0.911. The van der Waals surface area contributed by atoms with E-state index in [1.165, 1.54) is 27.8 Å². The van der Waals surface area contributed by atoms with Crippen molar-refractivity contribution in [2.45, 2.75) is 6.42 Å². The third-order valence-electron chi connectivity index (χ3n) is 5.95. The van der Waals surface area contributed by atoms with Crippen molar-refractivity contribution < 1.29 is 0 Å². The molecule has 0 fully saturated rings. The van der Waals surface area contributed by atoms with Crippen LogP contribution in [0.25, 0.3) is 49.6 Å². The minimum Gasteiger partial charge on any atom is -0.290 e. The quantitative estimate of drug-likeness (QED) is 0.352. The van der Waals surface area contributed by atoms with Crippen LogP contribution < -0.4 is 0 Å². The second-order valence-electron chi connectivity index (χ2n) is 7.36. The second-order valence-corrected chi connectivity index (χ2v) is 7.36. The van der Waals surface area contributed by atoms with Gasteiger partial charge in [0.1, 0.15) is 5.52 Å². The Morgan fingerprint density at radius 1 is 0.821 bits per heavy atom. The summed E-state index contributed by atoms with van der Waals surface area (Å²) < 4.78 is 2.28. The Balaban J connectivity index is 1.76. The van der Waals surface area contributed by atoms with Gasteiger partial charge in [-0.1, -0.05) is 36.4 Å². The number of aromatic nitrogens is 4. The maximum Gasteiger partial charge on any atom is 0.165 e. The maximum absolute atomic E-state index is 5.01. The number of benzene rings is 2. The van der Waals surface area contributed by atoms with Gasteiger partial charge in [0.15, 0.2) is 5.65 Å². The first-order valence-electron chi connectivity index (χ1n) is 9.43. The van der Waals surface area contributed by atoms with Gasteiger partial charge in [0.25, 0.3) is 0 Å².